The Kier molecular flexibility index (Phi) is 5.51. The molecule has 1 atom stereocenters. The lowest BCUT2D eigenvalue weighted by molar-refractivity contribution is -0.126. The molecule has 21 heavy (non-hydrogen) atoms. The number of carbonyl (C=O) groups excluding carboxylic acids is 1. The van der Waals surface area contributed by atoms with Gasteiger partial charge in [0.15, 0.2) is 0 Å². The minimum Gasteiger partial charge on any atom is -0.492 e. The van der Waals surface area contributed by atoms with Gasteiger partial charge in [-0.25, -0.2) is 0 Å². The van der Waals surface area contributed by atoms with Crippen LogP contribution >= 0.6 is 11.6 Å². The monoisotopic (exact) mass is 309 g/mol. The highest BCUT2D eigenvalue weighted by atomic mass is 35.5. The van der Waals surface area contributed by atoms with Crippen LogP contribution in [-0.2, 0) is 11.2 Å². The summed E-state index contributed by atoms with van der Waals surface area (Å²) in [5.74, 6) is 1.57. The number of nitrogens with one attached hydrogen (secondary N) is 1. The Hall–Kier alpha value is -1.22. The SMILES string of the molecule is CC(C)(CCCCl)CNC(=O)C1COc2ccccc2C1. The first-order valence-electron chi connectivity index (χ1n) is 7.56. The van der Waals surface area contributed by atoms with Gasteiger partial charge < -0.3 is 10.1 Å². The zero-order valence-electron chi connectivity index (χ0n) is 12.8. The Bertz CT molecular complexity index is 487. The third-order valence-electron chi connectivity index (χ3n) is 3.98. The van der Waals surface area contributed by atoms with Crippen LogP contribution in [0, 0.1) is 11.3 Å². The average Bonchev–Trinajstić information content (AvgIpc) is 2.50. The van der Waals surface area contributed by atoms with E-state index in [1.165, 1.54) is 0 Å². The smallest absolute Gasteiger partial charge is 0.226 e. The number of hydrogen-bond acceptors (Lipinski definition) is 2. The lowest BCUT2D eigenvalue weighted by Crippen LogP contribution is -2.41. The Balaban J connectivity index is 1.85. The third kappa shape index (κ3) is 4.63. The quantitative estimate of drug-likeness (QED) is 0.818. The second-order valence-corrected chi connectivity index (χ2v) is 6.87. The number of benzene rings is 1. The molecule has 0 fully saturated rings. The predicted molar refractivity (Wildman–Crippen MR) is 85.9 cm³/mol. The highest BCUT2D eigenvalue weighted by Gasteiger charge is 2.27. The van der Waals surface area contributed by atoms with E-state index >= 15 is 0 Å². The maximum Gasteiger partial charge on any atom is 0.226 e. The molecule has 0 bridgehead atoms. The summed E-state index contributed by atoms with van der Waals surface area (Å²) in [4.78, 5) is 12.3. The van der Waals surface area contributed by atoms with E-state index in [9.17, 15) is 4.79 Å². The number of rotatable bonds is 6. The summed E-state index contributed by atoms with van der Waals surface area (Å²) < 4.78 is 5.68. The Morgan fingerprint density at radius 1 is 1.43 bits per heavy atom. The number of amides is 1. The maximum atomic E-state index is 12.3. The molecule has 1 N–H and O–H groups in total. The summed E-state index contributed by atoms with van der Waals surface area (Å²) in [6.07, 6.45) is 2.75. The van der Waals surface area contributed by atoms with Gasteiger partial charge in [0.25, 0.3) is 0 Å². The molecule has 1 aliphatic rings. The first-order chi connectivity index (χ1) is 10.0. The van der Waals surface area contributed by atoms with Gasteiger partial charge in [0.2, 0.25) is 5.91 Å². The van der Waals surface area contributed by atoms with Crippen molar-refractivity contribution in [1.82, 2.24) is 5.32 Å². The van der Waals surface area contributed by atoms with Crippen molar-refractivity contribution in [1.29, 1.82) is 0 Å². The van der Waals surface area contributed by atoms with E-state index in [1.54, 1.807) is 0 Å². The lowest BCUT2D eigenvalue weighted by Gasteiger charge is -2.28. The molecule has 0 aromatic heterocycles. The van der Waals surface area contributed by atoms with Crippen LogP contribution in [0.1, 0.15) is 32.3 Å². The number of carbonyl (C=O) groups is 1. The van der Waals surface area contributed by atoms with Crippen molar-refractivity contribution in [3.05, 3.63) is 29.8 Å². The minimum absolute atomic E-state index is 0.0813. The summed E-state index contributed by atoms with van der Waals surface area (Å²) in [6.45, 7) is 5.46. The maximum absolute atomic E-state index is 12.3. The van der Waals surface area contributed by atoms with Crippen LogP contribution in [0.25, 0.3) is 0 Å². The average molecular weight is 310 g/mol. The molecule has 0 saturated carbocycles. The second kappa shape index (κ2) is 7.17. The molecule has 1 amide bonds. The van der Waals surface area contributed by atoms with Gasteiger partial charge in [0.05, 0.1) is 5.92 Å². The van der Waals surface area contributed by atoms with Crippen molar-refractivity contribution in [3.8, 4) is 5.75 Å². The molecule has 0 radical (unpaired) electrons. The van der Waals surface area contributed by atoms with E-state index in [4.69, 9.17) is 16.3 Å². The second-order valence-electron chi connectivity index (χ2n) is 6.49. The van der Waals surface area contributed by atoms with Crippen LogP contribution in [0.4, 0.5) is 0 Å². The van der Waals surface area contributed by atoms with E-state index in [1.807, 2.05) is 24.3 Å². The van der Waals surface area contributed by atoms with Gasteiger partial charge in [0, 0.05) is 12.4 Å². The molecular weight excluding hydrogens is 286 g/mol. The fourth-order valence-corrected chi connectivity index (χ4v) is 2.73. The highest BCUT2D eigenvalue weighted by molar-refractivity contribution is 6.17. The summed E-state index contributed by atoms with van der Waals surface area (Å²) in [5, 5.41) is 3.07. The van der Waals surface area contributed by atoms with Crippen LogP contribution in [0.2, 0.25) is 0 Å². The molecule has 1 heterocycles. The number of ether oxygens (including phenoxy) is 1. The van der Waals surface area contributed by atoms with E-state index in [0.29, 0.717) is 19.0 Å². The van der Waals surface area contributed by atoms with E-state index in [2.05, 4.69) is 19.2 Å². The molecule has 116 valence electrons. The molecular formula is C17H24ClNO2. The molecule has 3 nitrogen and oxygen atoms in total. The fourth-order valence-electron chi connectivity index (χ4n) is 2.60. The molecule has 4 heteroatoms. The van der Waals surface area contributed by atoms with Crippen LogP contribution in [0.15, 0.2) is 24.3 Å². The molecule has 0 spiro atoms. The van der Waals surface area contributed by atoms with Gasteiger partial charge in [-0.15, -0.1) is 11.6 Å². The van der Waals surface area contributed by atoms with Crippen LogP contribution in [-0.4, -0.2) is 24.9 Å². The zero-order chi connectivity index (χ0) is 15.3. The first kappa shape index (κ1) is 16.2. The van der Waals surface area contributed by atoms with Crippen molar-refractivity contribution >= 4 is 17.5 Å². The largest absolute Gasteiger partial charge is 0.492 e. The van der Waals surface area contributed by atoms with Crippen molar-refractivity contribution < 1.29 is 9.53 Å². The Morgan fingerprint density at radius 3 is 2.95 bits per heavy atom. The van der Waals surface area contributed by atoms with E-state index in [-0.39, 0.29) is 17.2 Å². The molecule has 2 rings (SSSR count). The van der Waals surface area contributed by atoms with E-state index in [0.717, 1.165) is 30.6 Å². The number of para-hydroxylation sites is 1. The van der Waals surface area contributed by atoms with Gasteiger partial charge in [-0.1, -0.05) is 32.0 Å². The standard InChI is InChI=1S/C17H24ClNO2/c1-17(2,8-5-9-18)12-19-16(20)14-10-13-6-3-4-7-15(13)21-11-14/h3-4,6-7,14H,5,8-12H2,1-2H3,(H,19,20). The number of fused-ring (bicyclic) bond motifs is 1. The highest BCUT2D eigenvalue weighted by Crippen LogP contribution is 2.27. The van der Waals surface area contributed by atoms with Gasteiger partial charge in [-0.2, -0.15) is 0 Å². The molecule has 1 aromatic carbocycles. The number of halogens is 1. The molecule has 0 aliphatic carbocycles. The van der Waals surface area contributed by atoms with Crippen LogP contribution < -0.4 is 10.1 Å². The summed E-state index contributed by atoms with van der Waals surface area (Å²) >= 11 is 5.74. The van der Waals surface area contributed by atoms with E-state index < -0.39 is 0 Å². The van der Waals surface area contributed by atoms with Gasteiger partial charge in [-0.3, -0.25) is 4.79 Å². The Labute approximate surface area is 132 Å². The van der Waals surface area contributed by atoms with Gasteiger partial charge in [0.1, 0.15) is 12.4 Å². The molecule has 1 aromatic rings. The summed E-state index contributed by atoms with van der Waals surface area (Å²) in [5.41, 5.74) is 1.20. The summed E-state index contributed by atoms with van der Waals surface area (Å²) in [7, 11) is 0. The number of hydrogen-bond donors (Lipinski definition) is 1. The summed E-state index contributed by atoms with van der Waals surface area (Å²) in [6, 6.07) is 7.92. The normalized spacial score (nSPS) is 17.8. The van der Waals surface area contributed by atoms with Crippen molar-refractivity contribution in [2.24, 2.45) is 11.3 Å². The first-order valence-corrected chi connectivity index (χ1v) is 8.10. The van der Waals surface area contributed by atoms with Crippen LogP contribution in [0.3, 0.4) is 0 Å². The van der Waals surface area contributed by atoms with Crippen LogP contribution in [0.5, 0.6) is 5.75 Å². The molecule has 1 aliphatic heterocycles. The Morgan fingerprint density at radius 2 is 2.19 bits per heavy atom. The van der Waals surface area contributed by atoms with Crippen molar-refractivity contribution in [2.75, 3.05) is 19.0 Å². The topological polar surface area (TPSA) is 38.3 Å². The van der Waals surface area contributed by atoms with Crippen molar-refractivity contribution in [3.63, 3.8) is 0 Å². The lowest BCUT2D eigenvalue weighted by atomic mass is 9.87. The minimum atomic E-state index is -0.0938. The zero-order valence-corrected chi connectivity index (χ0v) is 13.6. The molecule has 1 unspecified atom stereocenters. The third-order valence-corrected chi connectivity index (χ3v) is 4.25. The fraction of sp³-hybridized carbons (Fsp3) is 0.588. The van der Waals surface area contributed by atoms with Crippen molar-refractivity contribution in [2.45, 2.75) is 33.1 Å². The van der Waals surface area contributed by atoms with Gasteiger partial charge in [-0.05, 0) is 36.3 Å². The number of alkyl halides is 1. The van der Waals surface area contributed by atoms with Gasteiger partial charge >= 0.3 is 0 Å². The predicted octanol–water partition coefficient (Wildman–Crippen LogP) is 3.40. The molecule has 0 saturated heterocycles.